The first-order chi connectivity index (χ1) is 7.31. The van der Waals surface area contributed by atoms with Gasteiger partial charge in [-0.15, -0.1) is 0 Å². The summed E-state index contributed by atoms with van der Waals surface area (Å²) in [5, 5.41) is 7.39. The first-order valence-corrected chi connectivity index (χ1v) is 5.94. The Labute approximate surface area is 93.2 Å². The van der Waals surface area contributed by atoms with Crippen molar-refractivity contribution >= 4 is 11.3 Å². The van der Waals surface area contributed by atoms with E-state index in [1.807, 2.05) is 0 Å². The Morgan fingerprint density at radius 2 is 2.33 bits per heavy atom. The van der Waals surface area contributed by atoms with Crippen molar-refractivity contribution in [2.75, 3.05) is 6.54 Å². The van der Waals surface area contributed by atoms with E-state index in [9.17, 15) is 0 Å². The maximum Gasteiger partial charge on any atom is 0.227 e. The molecule has 0 atom stereocenters. The largest absolute Gasteiger partial charge is 0.444 e. The van der Waals surface area contributed by atoms with Gasteiger partial charge in [0.1, 0.15) is 6.26 Å². The first kappa shape index (κ1) is 10.4. The summed E-state index contributed by atoms with van der Waals surface area (Å²) < 4.78 is 5.44. The molecule has 0 spiro atoms. The molecule has 0 aliphatic carbocycles. The first-order valence-electron chi connectivity index (χ1n) is 4.99. The van der Waals surface area contributed by atoms with Crippen LogP contribution in [0, 0.1) is 6.92 Å². The van der Waals surface area contributed by atoms with Crippen molar-refractivity contribution in [3.05, 3.63) is 28.3 Å². The highest BCUT2D eigenvalue weighted by atomic mass is 32.1. The molecular formula is C11H14N2OS. The smallest absolute Gasteiger partial charge is 0.227 e. The van der Waals surface area contributed by atoms with Gasteiger partial charge in [-0.3, -0.25) is 0 Å². The van der Waals surface area contributed by atoms with Crippen LogP contribution in [0.5, 0.6) is 0 Å². The highest BCUT2D eigenvalue weighted by Gasteiger charge is 2.09. The maximum absolute atomic E-state index is 5.44. The lowest BCUT2D eigenvalue weighted by molar-refractivity contribution is 0.570. The van der Waals surface area contributed by atoms with Gasteiger partial charge in [0, 0.05) is 11.9 Å². The second-order valence-electron chi connectivity index (χ2n) is 3.39. The van der Waals surface area contributed by atoms with E-state index in [-0.39, 0.29) is 0 Å². The summed E-state index contributed by atoms with van der Waals surface area (Å²) in [6.45, 7) is 5.85. The number of thiophene rings is 1. The molecule has 0 aromatic carbocycles. The minimum atomic E-state index is 0.724. The molecule has 0 fully saturated rings. The summed E-state index contributed by atoms with van der Waals surface area (Å²) in [5.74, 6) is 0.724. The van der Waals surface area contributed by atoms with Crippen LogP contribution in [0.1, 0.15) is 18.2 Å². The molecule has 0 bridgehead atoms. The molecule has 0 unspecified atom stereocenters. The van der Waals surface area contributed by atoms with Crippen LogP contribution < -0.4 is 5.32 Å². The van der Waals surface area contributed by atoms with Gasteiger partial charge in [-0.25, -0.2) is 4.98 Å². The average Bonchev–Trinajstić information content (AvgIpc) is 2.83. The highest BCUT2D eigenvalue weighted by molar-refractivity contribution is 7.08. The summed E-state index contributed by atoms with van der Waals surface area (Å²) in [7, 11) is 0. The van der Waals surface area contributed by atoms with Crippen LogP contribution >= 0.6 is 11.3 Å². The molecule has 2 aromatic heterocycles. The van der Waals surface area contributed by atoms with E-state index in [1.165, 1.54) is 5.56 Å². The lowest BCUT2D eigenvalue weighted by atomic mass is 10.2. The van der Waals surface area contributed by atoms with Crippen molar-refractivity contribution in [3.8, 4) is 11.5 Å². The third-order valence-corrected chi connectivity index (χ3v) is 3.06. The van der Waals surface area contributed by atoms with Gasteiger partial charge in [0.15, 0.2) is 0 Å². The zero-order valence-electron chi connectivity index (χ0n) is 8.91. The number of hydrogen-bond acceptors (Lipinski definition) is 4. The molecule has 0 saturated carbocycles. The Hall–Kier alpha value is -1.13. The Morgan fingerprint density at radius 1 is 1.47 bits per heavy atom. The van der Waals surface area contributed by atoms with Crippen molar-refractivity contribution < 1.29 is 4.42 Å². The van der Waals surface area contributed by atoms with Crippen LogP contribution in [0.15, 0.2) is 21.4 Å². The Kier molecular flexibility index (Phi) is 3.18. The number of aromatic nitrogens is 1. The molecule has 0 aliphatic rings. The molecule has 0 radical (unpaired) electrons. The zero-order valence-corrected chi connectivity index (χ0v) is 9.73. The summed E-state index contributed by atoms with van der Waals surface area (Å²) in [5.41, 5.74) is 3.28. The van der Waals surface area contributed by atoms with Crippen LogP contribution in [-0.4, -0.2) is 11.5 Å². The van der Waals surface area contributed by atoms with Crippen molar-refractivity contribution in [2.45, 2.75) is 20.4 Å². The van der Waals surface area contributed by atoms with Crippen LogP contribution in [0.2, 0.25) is 0 Å². The van der Waals surface area contributed by atoms with Crippen molar-refractivity contribution in [1.82, 2.24) is 10.3 Å². The fourth-order valence-corrected chi connectivity index (χ4v) is 2.17. The number of oxazole rings is 1. The monoisotopic (exact) mass is 222 g/mol. The van der Waals surface area contributed by atoms with Gasteiger partial charge < -0.3 is 9.73 Å². The molecule has 0 saturated heterocycles. The van der Waals surface area contributed by atoms with E-state index in [0.29, 0.717) is 0 Å². The summed E-state index contributed by atoms with van der Waals surface area (Å²) in [4.78, 5) is 4.43. The molecule has 4 heteroatoms. The van der Waals surface area contributed by atoms with Gasteiger partial charge in [0.05, 0.1) is 11.3 Å². The third kappa shape index (κ3) is 2.27. The average molecular weight is 222 g/mol. The second-order valence-corrected chi connectivity index (χ2v) is 4.14. The predicted molar refractivity (Wildman–Crippen MR) is 61.9 cm³/mol. The van der Waals surface area contributed by atoms with Gasteiger partial charge in [0.25, 0.3) is 0 Å². The molecule has 2 aromatic rings. The van der Waals surface area contributed by atoms with E-state index >= 15 is 0 Å². The molecule has 1 N–H and O–H groups in total. The summed E-state index contributed by atoms with van der Waals surface area (Å²) in [6, 6.07) is 0. The molecule has 2 heterocycles. The van der Waals surface area contributed by atoms with Crippen LogP contribution in [0.3, 0.4) is 0 Å². The number of nitrogens with one attached hydrogen (secondary N) is 1. The van der Waals surface area contributed by atoms with Crippen molar-refractivity contribution in [2.24, 2.45) is 0 Å². The fraction of sp³-hybridized carbons (Fsp3) is 0.364. The SMILES string of the molecule is CCNCc1coc(-c2cscc2C)n1. The standard InChI is InChI=1S/C11H14N2OS/c1-3-12-4-9-5-14-11(13-9)10-7-15-6-8(10)2/h5-7,12H,3-4H2,1-2H3. The van der Waals surface area contributed by atoms with Crippen molar-refractivity contribution in [1.29, 1.82) is 0 Å². The molecular weight excluding hydrogens is 208 g/mol. The van der Waals surface area contributed by atoms with E-state index in [4.69, 9.17) is 4.42 Å². The molecule has 80 valence electrons. The predicted octanol–water partition coefficient (Wildman–Crippen LogP) is 2.82. The maximum atomic E-state index is 5.44. The van der Waals surface area contributed by atoms with Crippen LogP contribution in [0.4, 0.5) is 0 Å². The number of aryl methyl sites for hydroxylation is 1. The van der Waals surface area contributed by atoms with Crippen molar-refractivity contribution in [3.63, 3.8) is 0 Å². The normalized spacial score (nSPS) is 10.8. The van der Waals surface area contributed by atoms with Crippen LogP contribution in [0.25, 0.3) is 11.5 Å². The van der Waals surface area contributed by atoms with E-state index in [2.05, 4.69) is 34.9 Å². The number of hydrogen-bond donors (Lipinski definition) is 1. The molecule has 0 amide bonds. The number of nitrogens with zero attached hydrogens (tertiary/aromatic N) is 1. The zero-order chi connectivity index (χ0) is 10.7. The topological polar surface area (TPSA) is 38.1 Å². The molecule has 3 nitrogen and oxygen atoms in total. The van der Waals surface area contributed by atoms with E-state index < -0.39 is 0 Å². The van der Waals surface area contributed by atoms with Gasteiger partial charge in [-0.2, -0.15) is 11.3 Å². The molecule has 15 heavy (non-hydrogen) atoms. The Bertz CT molecular complexity index is 433. The minimum Gasteiger partial charge on any atom is -0.444 e. The molecule has 0 aliphatic heterocycles. The molecule has 2 rings (SSSR count). The minimum absolute atomic E-state index is 0.724. The highest BCUT2D eigenvalue weighted by Crippen LogP contribution is 2.25. The Morgan fingerprint density at radius 3 is 3.00 bits per heavy atom. The summed E-state index contributed by atoms with van der Waals surface area (Å²) >= 11 is 1.67. The quantitative estimate of drug-likeness (QED) is 0.864. The summed E-state index contributed by atoms with van der Waals surface area (Å²) in [6.07, 6.45) is 1.72. The van der Waals surface area contributed by atoms with Gasteiger partial charge >= 0.3 is 0 Å². The second kappa shape index (κ2) is 4.59. The Balaban J connectivity index is 2.17. The van der Waals surface area contributed by atoms with Gasteiger partial charge in [-0.1, -0.05) is 6.92 Å². The number of rotatable bonds is 4. The third-order valence-electron chi connectivity index (χ3n) is 2.19. The lowest BCUT2D eigenvalue weighted by Gasteiger charge is -1.94. The van der Waals surface area contributed by atoms with Gasteiger partial charge in [-0.05, 0) is 24.4 Å². The van der Waals surface area contributed by atoms with Gasteiger partial charge in [0.2, 0.25) is 5.89 Å². The van der Waals surface area contributed by atoms with Crippen LogP contribution in [-0.2, 0) is 6.54 Å². The van der Waals surface area contributed by atoms with E-state index in [0.717, 1.165) is 30.2 Å². The lowest BCUT2D eigenvalue weighted by Crippen LogP contribution is -2.11. The van der Waals surface area contributed by atoms with E-state index in [1.54, 1.807) is 17.6 Å². The fourth-order valence-electron chi connectivity index (χ4n) is 1.34.